The van der Waals surface area contributed by atoms with Crippen molar-refractivity contribution < 1.29 is 4.79 Å². The van der Waals surface area contributed by atoms with Crippen LogP contribution in [-0.4, -0.2) is 20.7 Å². The number of aryl methyl sites for hydroxylation is 1. The summed E-state index contributed by atoms with van der Waals surface area (Å²) in [5.74, 6) is -0.590. The van der Waals surface area contributed by atoms with Crippen LogP contribution < -0.4 is 5.73 Å². The van der Waals surface area contributed by atoms with Crippen molar-refractivity contribution in [3.05, 3.63) is 23.0 Å². The van der Waals surface area contributed by atoms with Crippen LogP contribution in [0.1, 0.15) is 10.4 Å². The fourth-order valence-corrected chi connectivity index (χ4v) is 1.51. The van der Waals surface area contributed by atoms with Crippen molar-refractivity contribution >= 4 is 28.5 Å². The fourth-order valence-electron chi connectivity index (χ4n) is 1.24. The topological polar surface area (TPSA) is 73.8 Å². The molecular weight excluding hydrogens is 204 g/mol. The molecule has 2 heterocycles. The molecule has 5 nitrogen and oxygen atoms in total. The lowest BCUT2D eigenvalue weighted by Gasteiger charge is -1.99. The average Bonchev–Trinajstić information content (AvgIpc) is 2.49. The standard InChI is InChI=1S/C8H7ClN4O/c1-13-8-5(3-12-13)6(9)4(2-11-8)7(10)14/h2-3H,1H3,(H2,10,14). The Hall–Kier alpha value is -1.62. The zero-order valence-corrected chi connectivity index (χ0v) is 8.12. The number of fused-ring (bicyclic) bond motifs is 1. The molecule has 2 N–H and O–H groups in total. The number of primary amides is 1. The van der Waals surface area contributed by atoms with Crippen LogP contribution in [0, 0.1) is 0 Å². The number of aromatic nitrogens is 3. The van der Waals surface area contributed by atoms with E-state index >= 15 is 0 Å². The Balaban J connectivity index is 2.82. The second kappa shape index (κ2) is 2.95. The first kappa shape index (κ1) is 8.96. The van der Waals surface area contributed by atoms with Gasteiger partial charge in [0.25, 0.3) is 5.91 Å². The monoisotopic (exact) mass is 210 g/mol. The molecule has 0 aliphatic rings. The van der Waals surface area contributed by atoms with Gasteiger partial charge in [0.2, 0.25) is 0 Å². The van der Waals surface area contributed by atoms with Crippen molar-refractivity contribution in [1.82, 2.24) is 14.8 Å². The average molecular weight is 211 g/mol. The minimum Gasteiger partial charge on any atom is -0.366 e. The lowest BCUT2D eigenvalue weighted by atomic mass is 10.2. The van der Waals surface area contributed by atoms with Gasteiger partial charge >= 0.3 is 0 Å². The number of hydrogen-bond acceptors (Lipinski definition) is 3. The van der Waals surface area contributed by atoms with Crippen molar-refractivity contribution in [3.8, 4) is 0 Å². The number of rotatable bonds is 1. The molecule has 0 aliphatic heterocycles. The largest absolute Gasteiger partial charge is 0.366 e. The summed E-state index contributed by atoms with van der Waals surface area (Å²) in [5, 5.41) is 4.91. The van der Waals surface area contributed by atoms with Crippen LogP contribution in [0.5, 0.6) is 0 Å². The molecule has 6 heteroatoms. The Morgan fingerprint density at radius 2 is 2.29 bits per heavy atom. The van der Waals surface area contributed by atoms with Gasteiger partial charge in [-0.05, 0) is 0 Å². The van der Waals surface area contributed by atoms with E-state index in [4.69, 9.17) is 17.3 Å². The molecule has 0 saturated heterocycles. The van der Waals surface area contributed by atoms with E-state index in [-0.39, 0.29) is 5.56 Å². The van der Waals surface area contributed by atoms with Crippen LogP contribution >= 0.6 is 11.6 Å². The molecule has 0 radical (unpaired) electrons. The first-order chi connectivity index (χ1) is 6.61. The quantitative estimate of drug-likeness (QED) is 0.754. The van der Waals surface area contributed by atoms with Crippen LogP contribution in [0.2, 0.25) is 5.02 Å². The summed E-state index contributed by atoms with van der Waals surface area (Å²) >= 11 is 5.96. The molecule has 0 saturated carbocycles. The molecule has 72 valence electrons. The lowest BCUT2D eigenvalue weighted by molar-refractivity contribution is 0.100. The van der Waals surface area contributed by atoms with E-state index in [2.05, 4.69) is 10.1 Å². The highest BCUT2D eigenvalue weighted by molar-refractivity contribution is 6.38. The van der Waals surface area contributed by atoms with Gasteiger partial charge in [0.1, 0.15) is 0 Å². The summed E-state index contributed by atoms with van der Waals surface area (Å²) in [5.41, 5.74) is 5.96. The number of pyridine rings is 1. The van der Waals surface area contributed by atoms with Crippen LogP contribution in [0.25, 0.3) is 11.0 Å². The molecule has 0 unspecified atom stereocenters. The Bertz CT molecular complexity index is 519. The van der Waals surface area contributed by atoms with Gasteiger partial charge < -0.3 is 5.73 Å². The normalized spacial score (nSPS) is 10.7. The number of hydrogen-bond donors (Lipinski definition) is 1. The molecule has 0 bridgehead atoms. The van der Waals surface area contributed by atoms with E-state index in [0.717, 1.165) is 0 Å². The number of amides is 1. The number of nitrogens with two attached hydrogens (primary N) is 1. The van der Waals surface area contributed by atoms with Gasteiger partial charge in [-0.3, -0.25) is 9.48 Å². The van der Waals surface area contributed by atoms with E-state index < -0.39 is 5.91 Å². The van der Waals surface area contributed by atoms with Crippen molar-refractivity contribution in [2.24, 2.45) is 12.8 Å². The minimum atomic E-state index is -0.590. The van der Waals surface area contributed by atoms with Crippen LogP contribution in [0.4, 0.5) is 0 Å². The molecule has 0 aliphatic carbocycles. The number of nitrogens with zero attached hydrogens (tertiary/aromatic N) is 3. The van der Waals surface area contributed by atoms with Gasteiger partial charge in [0, 0.05) is 13.2 Å². The summed E-state index contributed by atoms with van der Waals surface area (Å²) < 4.78 is 1.58. The molecule has 0 spiro atoms. The van der Waals surface area contributed by atoms with Gasteiger partial charge in [-0.15, -0.1) is 0 Å². The predicted molar refractivity (Wildman–Crippen MR) is 52.0 cm³/mol. The molecule has 2 aromatic rings. The Labute approximate surface area is 84.5 Å². The smallest absolute Gasteiger partial charge is 0.251 e. The maximum atomic E-state index is 10.9. The third-order valence-corrected chi connectivity index (χ3v) is 2.37. The van der Waals surface area contributed by atoms with Crippen LogP contribution in [-0.2, 0) is 7.05 Å². The molecule has 2 rings (SSSR count). The molecular formula is C8H7ClN4O. The second-order valence-corrected chi connectivity index (χ2v) is 3.23. The fraction of sp³-hybridized carbons (Fsp3) is 0.125. The van der Waals surface area contributed by atoms with Gasteiger partial charge in [-0.25, -0.2) is 4.98 Å². The molecule has 0 aromatic carbocycles. The Morgan fingerprint density at radius 1 is 1.57 bits per heavy atom. The van der Waals surface area contributed by atoms with Crippen molar-refractivity contribution in [1.29, 1.82) is 0 Å². The van der Waals surface area contributed by atoms with Gasteiger partial charge in [-0.2, -0.15) is 5.10 Å². The first-order valence-electron chi connectivity index (χ1n) is 3.87. The van der Waals surface area contributed by atoms with Crippen LogP contribution in [0.3, 0.4) is 0 Å². The van der Waals surface area contributed by atoms with Crippen LogP contribution in [0.15, 0.2) is 12.4 Å². The van der Waals surface area contributed by atoms with E-state index in [9.17, 15) is 4.79 Å². The third-order valence-electron chi connectivity index (χ3n) is 1.96. The van der Waals surface area contributed by atoms with E-state index in [1.807, 2.05) is 0 Å². The Morgan fingerprint density at radius 3 is 2.93 bits per heavy atom. The summed E-state index contributed by atoms with van der Waals surface area (Å²) in [7, 11) is 1.75. The zero-order chi connectivity index (χ0) is 10.3. The molecule has 2 aromatic heterocycles. The molecule has 0 fully saturated rings. The molecule has 14 heavy (non-hydrogen) atoms. The number of carbonyl (C=O) groups excluding carboxylic acids is 1. The second-order valence-electron chi connectivity index (χ2n) is 2.86. The van der Waals surface area contributed by atoms with Gasteiger partial charge in [0.15, 0.2) is 5.65 Å². The van der Waals surface area contributed by atoms with Crippen molar-refractivity contribution in [3.63, 3.8) is 0 Å². The number of halogens is 1. The van der Waals surface area contributed by atoms with Gasteiger partial charge in [-0.1, -0.05) is 11.6 Å². The zero-order valence-electron chi connectivity index (χ0n) is 7.36. The highest BCUT2D eigenvalue weighted by atomic mass is 35.5. The first-order valence-corrected chi connectivity index (χ1v) is 4.25. The van der Waals surface area contributed by atoms with E-state index in [1.165, 1.54) is 6.20 Å². The third kappa shape index (κ3) is 1.13. The van der Waals surface area contributed by atoms with E-state index in [1.54, 1.807) is 17.9 Å². The van der Waals surface area contributed by atoms with E-state index in [0.29, 0.717) is 16.1 Å². The Kier molecular flexibility index (Phi) is 1.89. The SMILES string of the molecule is Cn1ncc2c(Cl)c(C(N)=O)cnc21. The summed E-state index contributed by atoms with van der Waals surface area (Å²) in [6.45, 7) is 0. The van der Waals surface area contributed by atoms with Crippen molar-refractivity contribution in [2.45, 2.75) is 0 Å². The predicted octanol–water partition coefficient (Wildman–Crippen LogP) is 0.721. The van der Waals surface area contributed by atoms with Gasteiger partial charge in [0.05, 0.1) is 22.2 Å². The number of carbonyl (C=O) groups is 1. The lowest BCUT2D eigenvalue weighted by Crippen LogP contribution is -2.12. The summed E-state index contributed by atoms with van der Waals surface area (Å²) in [4.78, 5) is 15.0. The maximum Gasteiger partial charge on any atom is 0.251 e. The highest BCUT2D eigenvalue weighted by Crippen LogP contribution is 2.24. The van der Waals surface area contributed by atoms with Crippen molar-refractivity contribution in [2.75, 3.05) is 0 Å². The molecule has 0 atom stereocenters. The maximum absolute atomic E-state index is 10.9. The summed E-state index contributed by atoms with van der Waals surface area (Å²) in [6, 6.07) is 0. The summed E-state index contributed by atoms with van der Waals surface area (Å²) in [6.07, 6.45) is 2.91. The molecule has 1 amide bonds. The highest BCUT2D eigenvalue weighted by Gasteiger charge is 2.13. The minimum absolute atomic E-state index is 0.215.